The zero-order valence-electron chi connectivity index (χ0n) is 11.5. The number of benzene rings is 1. The lowest BCUT2D eigenvalue weighted by atomic mass is 10.0. The molecular formula is C15H21N3O2. The Balaban J connectivity index is 1.78. The van der Waals surface area contributed by atoms with E-state index in [1.165, 1.54) is 0 Å². The Morgan fingerprint density at radius 2 is 2.15 bits per heavy atom. The van der Waals surface area contributed by atoms with Crippen LogP contribution in [0, 0.1) is 0 Å². The first-order valence-corrected chi connectivity index (χ1v) is 7.04. The first-order chi connectivity index (χ1) is 9.66. The number of aryl methyl sites for hydroxylation is 1. The summed E-state index contributed by atoms with van der Waals surface area (Å²) >= 11 is 0. The smallest absolute Gasteiger partial charge is 0.242 e. The number of carbonyl (C=O) groups excluding carboxylic acids is 2. The van der Waals surface area contributed by atoms with Gasteiger partial charge in [0.05, 0.1) is 6.04 Å². The molecule has 1 unspecified atom stereocenters. The van der Waals surface area contributed by atoms with Gasteiger partial charge < -0.3 is 16.4 Å². The van der Waals surface area contributed by atoms with Crippen LogP contribution in [0.25, 0.3) is 0 Å². The summed E-state index contributed by atoms with van der Waals surface area (Å²) in [7, 11) is 0. The maximum atomic E-state index is 12.0. The van der Waals surface area contributed by atoms with Crippen LogP contribution in [0.1, 0.15) is 24.8 Å². The average molecular weight is 275 g/mol. The van der Waals surface area contributed by atoms with Gasteiger partial charge in [0.1, 0.15) is 6.04 Å². The molecule has 2 amide bonds. The molecule has 1 aliphatic heterocycles. The fraction of sp³-hybridized carbons (Fsp3) is 0.467. The first kappa shape index (κ1) is 14.5. The summed E-state index contributed by atoms with van der Waals surface area (Å²) in [6, 6.07) is 8.90. The largest absolute Gasteiger partial charge is 0.354 e. The summed E-state index contributed by atoms with van der Waals surface area (Å²) in [5.74, 6) is -0.358. The van der Waals surface area contributed by atoms with Gasteiger partial charge >= 0.3 is 0 Å². The van der Waals surface area contributed by atoms with Crippen LogP contribution in [-0.4, -0.2) is 30.4 Å². The van der Waals surface area contributed by atoms with Gasteiger partial charge in [-0.2, -0.15) is 0 Å². The number of hydrogen-bond acceptors (Lipinski definition) is 3. The van der Waals surface area contributed by atoms with Crippen molar-refractivity contribution in [1.29, 1.82) is 0 Å². The SMILES string of the molecule is N[C@@H](CCc1ccccc1)C(=O)NC1CCCNC1=O. The van der Waals surface area contributed by atoms with Crippen molar-refractivity contribution in [2.45, 2.75) is 37.8 Å². The van der Waals surface area contributed by atoms with Crippen LogP contribution < -0.4 is 16.4 Å². The van der Waals surface area contributed by atoms with Crippen molar-refractivity contribution in [3.8, 4) is 0 Å². The van der Waals surface area contributed by atoms with Gasteiger partial charge in [0.15, 0.2) is 0 Å². The summed E-state index contributed by atoms with van der Waals surface area (Å²) in [5.41, 5.74) is 7.04. The highest BCUT2D eigenvalue weighted by molar-refractivity contribution is 5.90. The van der Waals surface area contributed by atoms with Gasteiger partial charge in [-0.3, -0.25) is 9.59 Å². The lowest BCUT2D eigenvalue weighted by molar-refractivity contribution is -0.130. The Kier molecular flexibility index (Phi) is 5.12. The maximum Gasteiger partial charge on any atom is 0.242 e. The molecule has 2 rings (SSSR count). The molecule has 0 aromatic heterocycles. The summed E-state index contributed by atoms with van der Waals surface area (Å²) in [5, 5.41) is 5.47. The third kappa shape index (κ3) is 4.06. The van der Waals surface area contributed by atoms with Gasteiger partial charge in [0.2, 0.25) is 11.8 Å². The predicted octanol–water partition coefficient (Wildman–Crippen LogP) is 0.341. The Hall–Kier alpha value is -1.88. The number of piperidine rings is 1. The molecule has 1 saturated heterocycles. The van der Waals surface area contributed by atoms with E-state index in [0.29, 0.717) is 19.4 Å². The molecule has 5 nitrogen and oxygen atoms in total. The van der Waals surface area contributed by atoms with Gasteiger partial charge in [-0.05, 0) is 31.2 Å². The molecule has 1 fully saturated rings. The van der Waals surface area contributed by atoms with Crippen molar-refractivity contribution in [2.24, 2.45) is 5.73 Å². The standard InChI is InChI=1S/C15H21N3O2/c16-12(9-8-11-5-2-1-3-6-11)14(19)18-13-7-4-10-17-15(13)20/h1-3,5-6,12-13H,4,7-10,16H2,(H,17,20)(H,18,19)/t12-,13?/m0/s1. The molecule has 1 aromatic rings. The predicted molar refractivity (Wildman–Crippen MR) is 76.9 cm³/mol. The van der Waals surface area contributed by atoms with Crippen molar-refractivity contribution < 1.29 is 9.59 Å². The molecule has 5 heteroatoms. The average Bonchev–Trinajstić information content (AvgIpc) is 2.48. The second-order valence-corrected chi connectivity index (χ2v) is 5.13. The number of amides is 2. The Bertz CT molecular complexity index is 461. The topological polar surface area (TPSA) is 84.2 Å². The summed E-state index contributed by atoms with van der Waals surface area (Å²) < 4.78 is 0. The number of nitrogens with two attached hydrogens (primary N) is 1. The van der Waals surface area contributed by atoms with E-state index in [4.69, 9.17) is 5.73 Å². The highest BCUT2D eigenvalue weighted by Crippen LogP contribution is 2.06. The Labute approximate surface area is 118 Å². The van der Waals surface area contributed by atoms with Gasteiger partial charge in [-0.15, -0.1) is 0 Å². The molecule has 0 spiro atoms. The highest BCUT2D eigenvalue weighted by Gasteiger charge is 2.25. The van der Waals surface area contributed by atoms with Crippen LogP contribution >= 0.6 is 0 Å². The minimum atomic E-state index is -0.579. The maximum absolute atomic E-state index is 12.0. The Morgan fingerprint density at radius 1 is 1.40 bits per heavy atom. The lowest BCUT2D eigenvalue weighted by Gasteiger charge is -2.24. The molecule has 20 heavy (non-hydrogen) atoms. The van der Waals surface area contributed by atoms with Crippen LogP contribution in [0.5, 0.6) is 0 Å². The normalized spacial score (nSPS) is 20.1. The van der Waals surface area contributed by atoms with E-state index in [1.54, 1.807) is 0 Å². The molecule has 0 aliphatic carbocycles. The van der Waals surface area contributed by atoms with E-state index >= 15 is 0 Å². The molecule has 1 aromatic carbocycles. The lowest BCUT2D eigenvalue weighted by Crippen LogP contribution is -2.53. The van der Waals surface area contributed by atoms with Gasteiger partial charge in [0.25, 0.3) is 0 Å². The quantitative estimate of drug-likeness (QED) is 0.724. The second kappa shape index (κ2) is 7.05. The van der Waals surface area contributed by atoms with E-state index < -0.39 is 12.1 Å². The number of hydrogen-bond donors (Lipinski definition) is 3. The molecule has 1 aliphatic rings. The van der Waals surface area contributed by atoms with Crippen LogP contribution in [0.4, 0.5) is 0 Å². The van der Waals surface area contributed by atoms with E-state index in [1.807, 2.05) is 30.3 Å². The summed E-state index contributed by atoms with van der Waals surface area (Å²) in [6.45, 7) is 0.686. The minimum Gasteiger partial charge on any atom is -0.354 e. The molecule has 0 saturated carbocycles. The van der Waals surface area contributed by atoms with Crippen LogP contribution in [0.2, 0.25) is 0 Å². The van der Waals surface area contributed by atoms with Crippen LogP contribution in [0.3, 0.4) is 0 Å². The zero-order chi connectivity index (χ0) is 14.4. The zero-order valence-corrected chi connectivity index (χ0v) is 11.5. The molecule has 2 atom stereocenters. The number of nitrogens with one attached hydrogen (secondary N) is 2. The van der Waals surface area contributed by atoms with E-state index in [0.717, 1.165) is 18.4 Å². The van der Waals surface area contributed by atoms with Crippen molar-refractivity contribution in [3.05, 3.63) is 35.9 Å². The molecular weight excluding hydrogens is 254 g/mol. The monoisotopic (exact) mass is 275 g/mol. The number of carbonyl (C=O) groups is 2. The second-order valence-electron chi connectivity index (χ2n) is 5.13. The Morgan fingerprint density at radius 3 is 2.85 bits per heavy atom. The van der Waals surface area contributed by atoms with Gasteiger partial charge in [-0.25, -0.2) is 0 Å². The molecule has 4 N–H and O–H groups in total. The van der Waals surface area contributed by atoms with Crippen molar-refractivity contribution >= 4 is 11.8 Å². The minimum absolute atomic E-state index is 0.111. The van der Waals surface area contributed by atoms with Crippen LogP contribution in [0.15, 0.2) is 30.3 Å². The fourth-order valence-electron chi connectivity index (χ4n) is 2.29. The molecule has 1 heterocycles. The van der Waals surface area contributed by atoms with Crippen molar-refractivity contribution in [3.63, 3.8) is 0 Å². The highest BCUT2D eigenvalue weighted by atomic mass is 16.2. The summed E-state index contributed by atoms with van der Waals surface area (Å²) in [6.07, 6.45) is 2.90. The van der Waals surface area contributed by atoms with E-state index in [2.05, 4.69) is 10.6 Å². The van der Waals surface area contributed by atoms with Crippen molar-refractivity contribution in [2.75, 3.05) is 6.54 Å². The van der Waals surface area contributed by atoms with Gasteiger partial charge in [0, 0.05) is 6.54 Å². The third-order valence-corrected chi connectivity index (χ3v) is 3.53. The van der Waals surface area contributed by atoms with E-state index in [9.17, 15) is 9.59 Å². The molecule has 108 valence electrons. The summed E-state index contributed by atoms with van der Waals surface area (Å²) in [4.78, 5) is 23.5. The molecule has 0 bridgehead atoms. The number of rotatable bonds is 5. The molecule has 0 radical (unpaired) electrons. The van der Waals surface area contributed by atoms with Gasteiger partial charge in [-0.1, -0.05) is 30.3 Å². The first-order valence-electron chi connectivity index (χ1n) is 7.04. The third-order valence-electron chi connectivity index (χ3n) is 3.53. The van der Waals surface area contributed by atoms with E-state index in [-0.39, 0.29) is 11.8 Å². The fourth-order valence-corrected chi connectivity index (χ4v) is 2.29. The van der Waals surface area contributed by atoms with Crippen LogP contribution in [-0.2, 0) is 16.0 Å². The van der Waals surface area contributed by atoms with Crippen molar-refractivity contribution in [1.82, 2.24) is 10.6 Å².